The molecule has 0 aromatic heterocycles. The Bertz CT molecular complexity index is 434. The Morgan fingerprint density at radius 3 is 3.00 bits per heavy atom. The first kappa shape index (κ1) is 13.9. The summed E-state index contributed by atoms with van der Waals surface area (Å²) in [5.41, 5.74) is 2.62. The molecular weight excluding hydrogens is 240 g/mol. The summed E-state index contributed by atoms with van der Waals surface area (Å²) in [7, 11) is 1.80. The van der Waals surface area contributed by atoms with Gasteiger partial charge in [-0.15, -0.1) is 0 Å². The summed E-state index contributed by atoms with van der Waals surface area (Å²) in [5, 5.41) is 3.05. The number of carbonyl (C=O) groups excluding carboxylic acids is 1. The zero-order chi connectivity index (χ0) is 13.7. The summed E-state index contributed by atoms with van der Waals surface area (Å²) in [5.74, 6) is -0.173. The van der Waals surface area contributed by atoms with Crippen molar-refractivity contribution in [2.45, 2.75) is 25.8 Å². The smallest absolute Gasteiger partial charge is 0.324 e. The van der Waals surface area contributed by atoms with Crippen LogP contribution in [-0.2, 0) is 16.0 Å². The zero-order valence-electron chi connectivity index (χ0n) is 11.7. The molecule has 0 spiro atoms. The van der Waals surface area contributed by atoms with E-state index in [1.54, 1.807) is 7.05 Å². The summed E-state index contributed by atoms with van der Waals surface area (Å²) in [4.78, 5) is 14.1. The Morgan fingerprint density at radius 2 is 2.26 bits per heavy atom. The van der Waals surface area contributed by atoms with Crippen LogP contribution in [0.3, 0.4) is 0 Å². The monoisotopic (exact) mass is 262 g/mol. The number of anilines is 1. The van der Waals surface area contributed by atoms with Crippen molar-refractivity contribution < 1.29 is 9.53 Å². The number of nitrogens with zero attached hydrogens (tertiary/aromatic N) is 1. The molecule has 4 nitrogen and oxygen atoms in total. The molecule has 0 aliphatic carbocycles. The molecule has 19 heavy (non-hydrogen) atoms. The average molecular weight is 262 g/mol. The van der Waals surface area contributed by atoms with E-state index in [0.717, 1.165) is 19.4 Å². The van der Waals surface area contributed by atoms with Crippen LogP contribution in [0, 0.1) is 0 Å². The molecule has 0 saturated carbocycles. The minimum Gasteiger partial charge on any atom is -0.465 e. The third-order valence-electron chi connectivity index (χ3n) is 3.53. The summed E-state index contributed by atoms with van der Waals surface area (Å²) >= 11 is 0. The number of hydrogen-bond acceptors (Lipinski definition) is 4. The number of rotatable bonds is 5. The van der Waals surface area contributed by atoms with Gasteiger partial charge in [0.05, 0.1) is 6.61 Å². The van der Waals surface area contributed by atoms with Crippen LogP contribution >= 0.6 is 0 Å². The molecule has 1 aromatic rings. The van der Waals surface area contributed by atoms with Crippen LogP contribution in [0.4, 0.5) is 5.69 Å². The number of carbonyl (C=O) groups is 1. The Kier molecular flexibility index (Phi) is 4.80. The molecule has 0 bridgehead atoms. The van der Waals surface area contributed by atoms with Crippen molar-refractivity contribution >= 4 is 11.7 Å². The van der Waals surface area contributed by atoms with Gasteiger partial charge in [0, 0.05) is 18.8 Å². The minimum absolute atomic E-state index is 0.173. The predicted octanol–water partition coefficient (Wildman–Crippen LogP) is 1.59. The molecule has 1 atom stereocenters. The lowest BCUT2D eigenvalue weighted by molar-refractivity contribution is -0.145. The van der Waals surface area contributed by atoms with Gasteiger partial charge in [-0.1, -0.05) is 18.2 Å². The number of hydrogen-bond donors (Lipinski definition) is 1. The molecule has 0 saturated heterocycles. The van der Waals surface area contributed by atoms with Gasteiger partial charge in [-0.05, 0) is 38.4 Å². The molecule has 4 heteroatoms. The molecule has 1 heterocycles. The van der Waals surface area contributed by atoms with Crippen molar-refractivity contribution in [1.29, 1.82) is 0 Å². The van der Waals surface area contributed by atoms with E-state index in [9.17, 15) is 4.79 Å². The SMILES string of the molecule is CCOC(=O)C(CN1CCCc2ccccc21)NC. The fourth-order valence-electron chi connectivity index (χ4n) is 2.55. The second kappa shape index (κ2) is 6.57. The van der Waals surface area contributed by atoms with Crippen molar-refractivity contribution in [2.75, 3.05) is 31.6 Å². The number of aryl methyl sites for hydroxylation is 1. The van der Waals surface area contributed by atoms with Gasteiger partial charge in [0.2, 0.25) is 0 Å². The topological polar surface area (TPSA) is 41.6 Å². The van der Waals surface area contributed by atoms with Crippen LogP contribution < -0.4 is 10.2 Å². The Hall–Kier alpha value is -1.55. The van der Waals surface area contributed by atoms with Crippen LogP contribution in [0.2, 0.25) is 0 Å². The summed E-state index contributed by atoms with van der Waals surface area (Å²) in [6.45, 7) is 3.91. The van der Waals surface area contributed by atoms with E-state index in [4.69, 9.17) is 4.74 Å². The van der Waals surface area contributed by atoms with Crippen molar-refractivity contribution in [2.24, 2.45) is 0 Å². The average Bonchev–Trinajstić information content (AvgIpc) is 2.45. The number of benzene rings is 1. The summed E-state index contributed by atoms with van der Waals surface area (Å²) in [6, 6.07) is 8.15. The van der Waals surface area contributed by atoms with E-state index < -0.39 is 0 Å². The molecule has 1 aliphatic rings. The van der Waals surface area contributed by atoms with E-state index in [0.29, 0.717) is 13.2 Å². The second-order valence-corrected chi connectivity index (χ2v) is 4.77. The normalized spacial score (nSPS) is 15.8. The van der Waals surface area contributed by atoms with Crippen LogP contribution in [-0.4, -0.2) is 38.8 Å². The quantitative estimate of drug-likeness (QED) is 0.818. The third-order valence-corrected chi connectivity index (χ3v) is 3.53. The fourth-order valence-corrected chi connectivity index (χ4v) is 2.55. The number of nitrogens with one attached hydrogen (secondary N) is 1. The van der Waals surface area contributed by atoms with Gasteiger partial charge >= 0.3 is 5.97 Å². The van der Waals surface area contributed by atoms with Crippen LogP contribution in [0.15, 0.2) is 24.3 Å². The maximum absolute atomic E-state index is 11.8. The van der Waals surface area contributed by atoms with Crippen LogP contribution in [0.1, 0.15) is 18.9 Å². The molecule has 104 valence electrons. The van der Waals surface area contributed by atoms with Gasteiger partial charge in [-0.25, -0.2) is 0 Å². The van der Waals surface area contributed by atoms with Gasteiger partial charge < -0.3 is 15.0 Å². The molecule has 1 aromatic carbocycles. The lowest BCUT2D eigenvalue weighted by Crippen LogP contribution is -2.47. The van der Waals surface area contributed by atoms with Crippen molar-refractivity contribution in [1.82, 2.24) is 5.32 Å². The van der Waals surface area contributed by atoms with Gasteiger partial charge in [0.1, 0.15) is 6.04 Å². The second-order valence-electron chi connectivity index (χ2n) is 4.77. The van der Waals surface area contributed by atoms with Crippen LogP contribution in [0.5, 0.6) is 0 Å². The predicted molar refractivity (Wildman–Crippen MR) is 76.5 cm³/mol. The maximum atomic E-state index is 11.8. The van der Waals surface area contributed by atoms with E-state index in [1.165, 1.54) is 11.3 Å². The summed E-state index contributed by atoms with van der Waals surface area (Å²) in [6.07, 6.45) is 2.26. The van der Waals surface area contributed by atoms with Crippen molar-refractivity contribution in [3.05, 3.63) is 29.8 Å². The highest BCUT2D eigenvalue weighted by molar-refractivity contribution is 5.77. The van der Waals surface area contributed by atoms with E-state index >= 15 is 0 Å². The fraction of sp³-hybridized carbons (Fsp3) is 0.533. The van der Waals surface area contributed by atoms with Gasteiger partial charge in [0.25, 0.3) is 0 Å². The van der Waals surface area contributed by atoms with Crippen LogP contribution in [0.25, 0.3) is 0 Å². The lowest BCUT2D eigenvalue weighted by atomic mass is 10.0. The summed E-state index contributed by atoms with van der Waals surface area (Å²) < 4.78 is 5.10. The Morgan fingerprint density at radius 1 is 1.47 bits per heavy atom. The first-order valence-corrected chi connectivity index (χ1v) is 6.93. The molecule has 1 N–H and O–H groups in total. The van der Waals surface area contributed by atoms with Gasteiger partial charge in [-0.2, -0.15) is 0 Å². The first-order valence-electron chi connectivity index (χ1n) is 6.93. The standard InChI is InChI=1S/C15H22N2O2/c1-3-19-15(18)13(16-2)11-17-10-6-8-12-7-4-5-9-14(12)17/h4-5,7,9,13,16H,3,6,8,10-11H2,1-2H3. The molecule has 0 amide bonds. The third kappa shape index (κ3) is 3.26. The molecule has 0 radical (unpaired) electrons. The maximum Gasteiger partial charge on any atom is 0.324 e. The van der Waals surface area contributed by atoms with E-state index in [2.05, 4.69) is 34.5 Å². The number of esters is 1. The van der Waals surface area contributed by atoms with Crippen molar-refractivity contribution in [3.8, 4) is 0 Å². The highest BCUT2D eigenvalue weighted by Crippen LogP contribution is 2.26. The highest BCUT2D eigenvalue weighted by atomic mass is 16.5. The molecule has 1 unspecified atom stereocenters. The van der Waals surface area contributed by atoms with Gasteiger partial charge in [-0.3, -0.25) is 4.79 Å². The largest absolute Gasteiger partial charge is 0.465 e. The Balaban J connectivity index is 2.09. The molecular formula is C15H22N2O2. The number of likely N-dealkylation sites (N-methyl/N-ethyl adjacent to an activating group) is 1. The minimum atomic E-state index is -0.272. The first-order chi connectivity index (χ1) is 9.26. The number of ether oxygens (including phenoxy) is 1. The lowest BCUT2D eigenvalue weighted by Gasteiger charge is -2.33. The van der Waals surface area contributed by atoms with Gasteiger partial charge in [0.15, 0.2) is 0 Å². The van der Waals surface area contributed by atoms with E-state index in [-0.39, 0.29) is 12.0 Å². The number of para-hydroxylation sites is 1. The molecule has 0 fully saturated rings. The number of fused-ring (bicyclic) bond motifs is 1. The zero-order valence-corrected chi connectivity index (χ0v) is 11.7. The van der Waals surface area contributed by atoms with E-state index in [1.807, 2.05) is 6.92 Å². The Labute approximate surface area is 114 Å². The molecule has 2 rings (SSSR count). The highest BCUT2D eigenvalue weighted by Gasteiger charge is 2.24. The molecule has 1 aliphatic heterocycles. The van der Waals surface area contributed by atoms with Crippen molar-refractivity contribution in [3.63, 3.8) is 0 Å².